The molecule has 0 unspecified atom stereocenters. The number of thioether (sulfide) groups is 1. The first-order chi connectivity index (χ1) is 16.7. The van der Waals surface area contributed by atoms with E-state index in [9.17, 15) is 4.79 Å². The normalized spacial score (nSPS) is 13.7. The Morgan fingerprint density at radius 2 is 1.88 bits per heavy atom. The molecule has 0 radical (unpaired) electrons. The minimum atomic E-state index is 0.109. The molecular formula is C27H26N4O2S. The van der Waals surface area contributed by atoms with Crippen LogP contribution in [0, 0.1) is 6.92 Å². The van der Waals surface area contributed by atoms with Crippen LogP contribution >= 0.6 is 11.8 Å². The summed E-state index contributed by atoms with van der Waals surface area (Å²) in [5.41, 5.74) is 4.69. The maximum atomic E-state index is 13.0. The predicted octanol–water partition coefficient (Wildman–Crippen LogP) is 5.30. The smallest absolute Gasteiger partial charge is 0.233 e. The van der Waals surface area contributed by atoms with Gasteiger partial charge in [0.2, 0.25) is 5.91 Å². The number of aryl methyl sites for hydroxylation is 1. The van der Waals surface area contributed by atoms with Crippen molar-refractivity contribution in [1.82, 2.24) is 19.7 Å². The molecule has 2 aromatic heterocycles. The third-order valence-electron chi connectivity index (χ3n) is 5.92. The van der Waals surface area contributed by atoms with Crippen LogP contribution in [-0.2, 0) is 11.3 Å². The lowest BCUT2D eigenvalue weighted by atomic mass is 10.00. The van der Waals surface area contributed by atoms with Gasteiger partial charge in [-0.25, -0.2) is 0 Å². The Bertz CT molecular complexity index is 1300. The molecule has 0 fully saturated rings. The van der Waals surface area contributed by atoms with Gasteiger partial charge in [-0.05, 0) is 42.7 Å². The molecule has 0 bridgehead atoms. The number of carbonyl (C=O) groups excluding carboxylic acids is 1. The minimum absolute atomic E-state index is 0.109. The van der Waals surface area contributed by atoms with Gasteiger partial charge in [0.05, 0.1) is 18.6 Å². The van der Waals surface area contributed by atoms with Gasteiger partial charge in [0.25, 0.3) is 0 Å². The number of nitrogens with zero attached hydrogens (tertiary/aromatic N) is 4. The van der Waals surface area contributed by atoms with E-state index in [2.05, 4.69) is 47.5 Å². The molecule has 0 aliphatic carbocycles. The zero-order valence-electron chi connectivity index (χ0n) is 19.1. The highest BCUT2D eigenvalue weighted by Gasteiger charge is 2.21. The second-order valence-electron chi connectivity index (χ2n) is 8.31. The maximum absolute atomic E-state index is 13.0. The van der Waals surface area contributed by atoms with Crippen LogP contribution < -0.4 is 0 Å². The Morgan fingerprint density at radius 3 is 2.62 bits per heavy atom. The Morgan fingerprint density at radius 1 is 1.03 bits per heavy atom. The molecule has 0 spiro atoms. The Balaban J connectivity index is 1.29. The largest absolute Gasteiger partial charge is 0.467 e. The van der Waals surface area contributed by atoms with Gasteiger partial charge in [0.1, 0.15) is 5.76 Å². The fraction of sp³-hybridized carbons (Fsp3) is 0.222. The molecular weight excluding hydrogens is 444 g/mol. The Labute approximate surface area is 203 Å². The molecule has 2 aromatic carbocycles. The second-order valence-corrected chi connectivity index (χ2v) is 9.26. The topological polar surface area (TPSA) is 64.2 Å². The van der Waals surface area contributed by atoms with Crippen molar-refractivity contribution in [2.24, 2.45) is 0 Å². The van der Waals surface area contributed by atoms with Crippen LogP contribution in [0.1, 0.15) is 23.3 Å². The summed E-state index contributed by atoms with van der Waals surface area (Å²) in [6.07, 6.45) is 4.69. The zero-order chi connectivity index (χ0) is 23.3. The number of benzene rings is 2. The van der Waals surface area contributed by atoms with E-state index >= 15 is 0 Å². The zero-order valence-corrected chi connectivity index (χ0v) is 19.9. The van der Waals surface area contributed by atoms with Crippen LogP contribution in [-0.4, -0.2) is 44.4 Å². The summed E-state index contributed by atoms with van der Waals surface area (Å²) in [5.74, 6) is 2.01. The first-order valence-electron chi connectivity index (χ1n) is 11.3. The number of aromatic nitrogens is 3. The van der Waals surface area contributed by atoms with Crippen LogP contribution in [0.5, 0.6) is 0 Å². The summed E-state index contributed by atoms with van der Waals surface area (Å²) in [7, 11) is 0. The molecule has 6 nitrogen and oxygen atoms in total. The highest BCUT2D eigenvalue weighted by molar-refractivity contribution is 7.99. The highest BCUT2D eigenvalue weighted by Crippen LogP contribution is 2.27. The first-order valence-corrected chi connectivity index (χ1v) is 12.3. The fourth-order valence-electron chi connectivity index (χ4n) is 4.12. The first kappa shape index (κ1) is 22.2. The molecule has 0 saturated carbocycles. The van der Waals surface area contributed by atoms with E-state index in [0.717, 1.165) is 35.7 Å². The van der Waals surface area contributed by atoms with Gasteiger partial charge in [0, 0.05) is 18.7 Å². The average molecular weight is 471 g/mol. The van der Waals surface area contributed by atoms with Gasteiger partial charge in [0.15, 0.2) is 11.0 Å². The lowest BCUT2D eigenvalue weighted by Crippen LogP contribution is -2.35. The molecule has 172 valence electrons. The third-order valence-corrected chi connectivity index (χ3v) is 6.87. The summed E-state index contributed by atoms with van der Waals surface area (Å²) in [4.78, 5) is 14.9. The van der Waals surface area contributed by atoms with E-state index in [-0.39, 0.29) is 5.91 Å². The number of carbonyl (C=O) groups is 1. The molecule has 1 aliphatic rings. The van der Waals surface area contributed by atoms with Crippen LogP contribution in [0.2, 0.25) is 0 Å². The van der Waals surface area contributed by atoms with E-state index in [0.29, 0.717) is 24.0 Å². The molecule has 1 aliphatic heterocycles. The fourth-order valence-corrected chi connectivity index (χ4v) is 4.96. The van der Waals surface area contributed by atoms with Crippen LogP contribution in [0.15, 0.2) is 88.6 Å². The van der Waals surface area contributed by atoms with Gasteiger partial charge < -0.3 is 9.32 Å². The van der Waals surface area contributed by atoms with Gasteiger partial charge in [-0.2, -0.15) is 0 Å². The van der Waals surface area contributed by atoms with Gasteiger partial charge >= 0.3 is 0 Å². The number of hydrogen-bond acceptors (Lipinski definition) is 5. The van der Waals surface area contributed by atoms with E-state index in [1.165, 1.54) is 22.9 Å². The average Bonchev–Trinajstić information content (AvgIpc) is 3.54. The van der Waals surface area contributed by atoms with Crippen molar-refractivity contribution in [1.29, 1.82) is 0 Å². The number of amides is 1. The summed E-state index contributed by atoms with van der Waals surface area (Å²) < 4.78 is 7.60. The minimum Gasteiger partial charge on any atom is -0.467 e. The van der Waals surface area contributed by atoms with Crippen molar-refractivity contribution in [3.8, 4) is 11.4 Å². The van der Waals surface area contributed by atoms with Crippen molar-refractivity contribution in [2.45, 2.75) is 25.0 Å². The number of rotatable bonds is 7. The molecule has 7 heteroatoms. The van der Waals surface area contributed by atoms with Crippen LogP contribution in [0.3, 0.4) is 0 Å². The van der Waals surface area contributed by atoms with E-state index in [1.807, 2.05) is 51.9 Å². The summed E-state index contributed by atoms with van der Waals surface area (Å²) in [6, 6.07) is 22.4. The van der Waals surface area contributed by atoms with E-state index < -0.39 is 0 Å². The van der Waals surface area contributed by atoms with Crippen molar-refractivity contribution in [2.75, 3.05) is 18.8 Å². The lowest BCUT2D eigenvalue weighted by molar-refractivity contribution is -0.127. The summed E-state index contributed by atoms with van der Waals surface area (Å²) in [5, 5.41) is 9.59. The molecule has 0 atom stereocenters. The molecule has 34 heavy (non-hydrogen) atoms. The maximum Gasteiger partial charge on any atom is 0.233 e. The van der Waals surface area contributed by atoms with Crippen molar-refractivity contribution < 1.29 is 9.21 Å². The standard InChI is InChI=1S/C27H26N4O2S/c1-20-7-5-10-23(17-20)26-28-29-27(31(26)18-24-11-6-16-33-24)34-19-25(32)30-14-12-22(13-15-30)21-8-3-2-4-9-21/h2-12,16-17H,13-15,18-19H2,1H3. The summed E-state index contributed by atoms with van der Waals surface area (Å²) >= 11 is 1.42. The highest BCUT2D eigenvalue weighted by atomic mass is 32.2. The quantitative estimate of drug-likeness (QED) is 0.343. The monoisotopic (exact) mass is 470 g/mol. The molecule has 0 saturated heterocycles. The molecule has 1 amide bonds. The molecule has 3 heterocycles. The van der Waals surface area contributed by atoms with E-state index in [1.54, 1.807) is 6.26 Å². The number of furan rings is 1. The van der Waals surface area contributed by atoms with Gasteiger partial charge in [-0.3, -0.25) is 9.36 Å². The van der Waals surface area contributed by atoms with Crippen molar-refractivity contribution in [3.05, 3.63) is 96.0 Å². The Hall–Kier alpha value is -3.58. The van der Waals surface area contributed by atoms with E-state index in [4.69, 9.17) is 4.42 Å². The third kappa shape index (κ3) is 4.99. The Kier molecular flexibility index (Phi) is 6.62. The number of hydrogen-bond donors (Lipinski definition) is 0. The SMILES string of the molecule is Cc1cccc(-c2nnc(SCC(=O)N3CC=C(c4ccccc4)CC3)n2Cc2ccco2)c1. The lowest BCUT2D eigenvalue weighted by Gasteiger charge is -2.26. The molecule has 4 aromatic rings. The van der Waals surface area contributed by atoms with Crippen molar-refractivity contribution in [3.63, 3.8) is 0 Å². The van der Waals surface area contributed by atoms with Crippen molar-refractivity contribution >= 4 is 23.2 Å². The van der Waals surface area contributed by atoms with Crippen LogP contribution in [0.4, 0.5) is 0 Å². The van der Waals surface area contributed by atoms with Crippen LogP contribution in [0.25, 0.3) is 17.0 Å². The predicted molar refractivity (Wildman–Crippen MR) is 134 cm³/mol. The summed E-state index contributed by atoms with van der Waals surface area (Å²) in [6.45, 7) is 3.93. The second kappa shape index (κ2) is 10.1. The van der Waals surface area contributed by atoms with Gasteiger partial charge in [-0.1, -0.05) is 71.9 Å². The molecule has 5 rings (SSSR count). The molecule has 0 N–H and O–H groups in total. The van der Waals surface area contributed by atoms with Gasteiger partial charge in [-0.15, -0.1) is 10.2 Å².